The number of carboxylic acids is 1. The number of nitrogens with zero attached hydrogens (tertiary/aromatic N) is 2. The highest BCUT2D eigenvalue weighted by Gasteiger charge is 2.18. The summed E-state index contributed by atoms with van der Waals surface area (Å²) in [5, 5.41) is 17.8. The maximum Gasteiger partial charge on any atom is 0.337 e. The van der Waals surface area contributed by atoms with E-state index in [-0.39, 0.29) is 11.4 Å². The van der Waals surface area contributed by atoms with Gasteiger partial charge >= 0.3 is 5.97 Å². The number of para-hydroxylation sites is 1. The highest BCUT2D eigenvalue weighted by Crippen LogP contribution is 2.27. The first kappa shape index (κ1) is 28.2. The molecule has 0 fully saturated rings. The van der Waals surface area contributed by atoms with Gasteiger partial charge in [0.1, 0.15) is 11.7 Å². The van der Waals surface area contributed by atoms with Crippen molar-refractivity contribution >= 4 is 44.5 Å². The Labute approximate surface area is 239 Å². The summed E-state index contributed by atoms with van der Waals surface area (Å²) >= 11 is 3.44. The van der Waals surface area contributed by atoms with Gasteiger partial charge in [0, 0.05) is 28.7 Å². The molecule has 10 heteroatoms. The number of nitrogens with one attached hydrogen (secondary N) is 3. The number of imidazole rings is 1. The Morgan fingerprint density at radius 1 is 0.900 bits per heavy atom. The molecule has 0 radical (unpaired) electrons. The SMILES string of the molecule is N=C(N)c1ccccc1-c1ccc(Cn2c(CCc3ccc(Br)c(N)c3)nc3cccc(C(=O)O)c32)cc1.N=N. The largest absolute Gasteiger partial charge is 0.478 e. The number of hydrogen-bond acceptors (Lipinski definition) is 6. The lowest BCUT2D eigenvalue weighted by atomic mass is 9.98. The van der Waals surface area contributed by atoms with Gasteiger partial charge in [-0.15, -0.1) is 0 Å². The zero-order valence-electron chi connectivity index (χ0n) is 21.5. The number of halogens is 1. The van der Waals surface area contributed by atoms with Crippen LogP contribution in [0.4, 0.5) is 5.69 Å². The second-order valence-corrected chi connectivity index (χ2v) is 9.96. The van der Waals surface area contributed by atoms with Gasteiger partial charge in [0.25, 0.3) is 0 Å². The van der Waals surface area contributed by atoms with E-state index >= 15 is 0 Å². The number of nitrogen functional groups attached to an aromatic ring is 2. The van der Waals surface area contributed by atoms with Crippen molar-refractivity contribution in [1.29, 1.82) is 16.5 Å². The average Bonchev–Trinajstić information content (AvgIpc) is 3.32. The second kappa shape index (κ2) is 12.4. The molecule has 0 saturated carbocycles. The number of nitrogens with two attached hydrogens (primary N) is 2. The predicted octanol–water partition coefficient (Wildman–Crippen LogP) is 6.46. The van der Waals surface area contributed by atoms with Crippen LogP contribution in [0.25, 0.3) is 22.2 Å². The van der Waals surface area contributed by atoms with Crippen LogP contribution in [0, 0.1) is 16.5 Å². The molecule has 5 rings (SSSR count). The van der Waals surface area contributed by atoms with Crippen LogP contribution >= 0.6 is 15.9 Å². The molecule has 0 aliphatic heterocycles. The standard InChI is InChI=1S/C30H26BrN5O2.H2N2/c31-24-14-10-18(16-25(24)32)11-15-27-35-26-7-3-6-23(30(37)38)28(26)36(27)17-19-8-12-20(13-9-19)21-4-1-2-5-22(21)29(33)34;1-2/h1-10,12-14,16H,11,15,17,32H2,(H3,33,34)(H,37,38);1-2H. The molecule has 0 spiro atoms. The number of aryl methyl sites for hydroxylation is 2. The maximum atomic E-state index is 12.1. The summed E-state index contributed by atoms with van der Waals surface area (Å²) in [5.74, 6) is -0.158. The number of fused-ring (bicyclic) bond motifs is 1. The number of anilines is 1. The summed E-state index contributed by atoms with van der Waals surface area (Å²) < 4.78 is 2.86. The maximum absolute atomic E-state index is 12.1. The van der Waals surface area contributed by atoms with Crippen LogP contribution in [0.5, 0.6) is 0 Å². The van der Waals surface area contributed by atoms with Crippen molar-refractivity contribution in [1.82, 2.24) is 9.55 Å². The molecule has 1 heterocycles. The zero-order chi connectivity index (χ0) is 28.8. The van der Waals surface area contributed by atoms with E-state index in [0.717, 1.165) is 32.6 Å². The third-order valence-electron chi connectivity index (χ3n) is 6.60. The lowest BCUT2D eigenvalue weighted by Crippen LogP contribution is -2.12. The fourth-order valence-electron chi connectivity index (χ4n) is 4.71. The molecule has 0 bridgehead atoms. The number of hydrogen-bond donors (Lipinski definition) is 6. The van der Waals surface area contributed by atoms with Crippen LogP contribution in [0.3, 0.4) is 0 Å². The van der Waals surface area contributed by atoms with Crippen molar-refractivity contribution in [3.63, 3.8) is 0 Å². The van der Waals surface area contributed by atoms with Crippen molar-refractivity contribution in [2.75, 3.05) is 5.73 Å². The average molecular weight is 599 g/mol. The fourth-order valence-corrected chi connectivity index (χ4v) is 4.96. The molecule has 4 aromatic carbocycles. The van der Waals surface area contributed by atoms with Crippen LogP contribution in [-0.2, 0) is 19.4 Å². The lowest BCUT2D eigenvalue weighted by molar-refractivity contribution is 0.0698. The van der Waals surface area contributed by atoms with Gasteiger partial charge in [0.05, 0.1) is 16.6 Å². The summed E-state index contributed by atoms with van der Waals surface area (Å²) in [6, 6.07) is 26.7. The molecule has 0 unspecified atom stereocenters. The molecule has 0 aliphatic carbocycles. The molecular weight excluding hydrogens is 570 g/mol. The molecule has 40 heavy (non-hydrogen) atoms. The summed E-state index contributed by atoms with van der Waals surface area (Å²) in [7, 11) is 0. The molecule has 1 aromatic heterocycles. The monoisotopic (exact) mass is 597 g/mol. The topological polar surface area (TPSA) is 179 Å². The van der Waals surface area contributed by atoms with Gasteiger partial charge in [0.2, 0.25) is 0 Å². The molecule has 0 saturated heterocycles. The quantitative estimate of drug-likeness (QED) is 0.0518. The van der Waals surface area contributed by atoms with Gasteiger partial charge in [-0.1, -0.05) is 60.7 Å². The summed E-state index contributed by atoms with van der Waals surface area (Å²) in [5.41, 5.74) is 28.6. The van der Waals surface area contributed by atoms with E-state index in [9.17, 15) is 9.90 Å². The van der Waals surface area contributed by atoms with Gasteiger partial charge in [-0.25, -0.2) is 20.8 Å². The molecular formula is C30H28BrN7O2. The third kappa shape index (κ3) is 5.92. The highest BCUT2D eigenvalue weighted by atomic mass is 79.9. The van der Waals surface area contributed by atoms with Crippen LogP contribution in [-0.4, -0.2) is 26.5 Å². The lowest BCUT2D eigenvalue weighted by Gasteiger charge is -2.13. The summed E-state index contributed by atoms with van der Waals surface area (Å²) in [4.78, 5) is 16.9. The fraction of sp³-hybridized carbons (Fsp3) is 0.100. The summed E-state index contributed by atoms with van der Waals surface area (Å²) in [6.45, 7) is 0.466. The van der Waals surface area contributed by atoms with Crippen LogP contribution in [0.1, 0.15) is 32.9 Å². The van der Waals surface area contributed by atoms with E-state index in [4.69, 9.17) is 32.9 Å². The molecule has 0 aliphatic rings. The second-order valence-electron chi connectivity index (χ2n) is 9.10. The Morgan fingerprint density at radius 2 is 1.57 bits per heavy atom. The van der Waals surface area contributed by atoms with Crippen molar-refractivity contribution in [3.05, 3.63) is 117 Å². The van der Waals surface area contributed by atoms with Gasteiger partial charge in [0.15, 0.2) is 0 Å². The van der Waals surface area contributed by atoms with Crippen molar-refractivity contribution in [3.8, 4) is 11.1 Å². The van der Waals surface area contributed by atoms with Crippen LogP contribution in [0.2, 0.25) is 0 Å². The first-order valence-corrected chi connectivity index (χ1v) is 13.1. The zero-order valence-corrected chi connectivity index (χ0v) is 23.1. The minimum atomic E-state index is -0.986. The molecule has 9 nitrogen and oxygen atoms in total. The molecule has 8 N–H and O–H groups in total. The Hall–Kier alpha value is -4.83. The number of carbonyl (C=O) groups is 1. The predicted molar refractivity (Wildman–Crippen MR) is 160 cm³/mol. The van der Waals surface area contributed by atoms with Crippen molar-refractivity contribution < 1.29 is 9.90 Å². The third-order valence-corrected chi connectivity index (χ3v) is 7.32. The summed E-state index contributed by atoms with van der Waals surface area (Å²) in [6.07, 6.45) is 1.34. The number of benzene rings is 4. The number of carboxylic acid groups (broad SMARTS) is 1. The number of amidine groups is 1. The van der Waals surface area contributed by atoms with E-state index in [1.54, 1.807) is 12.1 Å². The van der Waals surface area contributed by atoms with Crippen LogP contribution < -0.4 is 11.5 Å². The minimum Gasteiger partial charge on any atom is -0.478 e. The first-order chi connectivity index (χ1) is 19.3. The van der Waals surface area contributed by atoms with Gasteiger partial charge in [-0.2, -0.15) is 0 Å². The highest BCUT2D eigenvalue weighted by molar-refractivity contribution is 9.10. The van der Waals surface area contributed by atoms with Gasteiger partial charge in [-0.3, -0.25) is 5.41 Å². The van der Waals surface area contributed by atoms with Crippen molar-refractivity contribution in [2.24, 2.45) is 5.73 Å². The Bertz CT molecular complexity index is 1700. The number of aromatic carboxylic acids is 1. The van der Waals surface area contributed by atoms with Gasteiger partial charge in [-0.05, 0) is 68.9 Å². The molecule has 0 amide bonds. The normalized spacial score (nSPS) is 10.6. The Kier molecular flexibility index (Phi) is 8.70. The van der Waals surface area contributed by atoms with E-state index in [1.807, 2.05) is 77.4 Å². The van der Waals surface area contributed by atoms with Gasteiger partial charge < -0.3 is 21.1 Å². The minimum absolute atomic E-state index is 0.0212. The Morgan fingerprint density at radius 3 is 2.25 bits per heavy atom. The van der Waals surface area contributed by atoms with E-state index in [2.05, 4.69) is 15.9 Å². The Balaban J connectivity index is 0.00000181. The first-order valence-electron chi connectivity index (χ1n) is 12.3. The molecule has 202 valence electrons. The van der Waals surface area contributed by atoms with Crippen molar-refractivity contribution in [2.45, 2.75) is 19.4 Å². The smallest absolute Gasteiger partial charge is 0.337 e. The number of aromatic nitrogens is 2. The van der Waals surface area contributed by atoms with E-state index < -0.39 is 5.97 Å². The van der Waals surface area contributed by atoms with Crippen LogP contribution in [0.15, 0.2) is 89.4 Å². The number of rotatable bonds is 8. The molecule has 0 atom stereocenters. The van der Waals surface area contributed by atoms with E-state index in [1.165, 1.54) is 0 Å². The van der Waals surface area contributed by atoms with E-state index in [0.29, 0.717) is 41.7 Å². The molecule has 5 aromatic rings.